The summed E-state index contributed by atoms with van der Waals surface area (Å²) in [6.07, 6.45) is 0. The Bertz CT molecular complexity index is 738. The molecule has 2 aromatic carbocycles. The van der Waals surface area contributed by atoms with Crippen LogP contribution in [-0.2, 0) is 6.61 Å². The van der Waals surface area contributed by atoms with Gasteiger partial charge in [-0.15, -0.1) is 0 Å². The zero-order valence-corrected chi connectivity index (χ0v) is 10.6. The lowest BCUT2D eigenvalue weighted by Gasteiger charge is -2.08. The Hall–Kier alpha value is -2.94. The second-order valence-electron chi connectivity index (χ2n) is 4.15. The fourth-order valence-electron chi connectivity index (χ4n) is 1.66. The van der Waals surface area contributed by atoms with Crippen molar-refractivity contribution in [3.63, 3.8) is 0 Å². The number of carbonyl (C=O) groups is 1. The average Bonchev–Trinajstić information content (AvgIpc) is 2.46. The van der Waals surface area contributed by atoms with E-state index in [9.17, 15) is 13.6 Å². The summed E-state index contributed by atoms with van der Waals surface area (Å²) in [6.45, 7) is -0.252. The third-order valence-corrected chi connectivity index (χ3v) is 2.75. The Morgan fingerprint density at radius 2 is 1.95 bits per heavy atom. The first kappa shape index (κ1) is 14.5. The van der Waals surface area contributed by atoms with E-state index in [1.807, 2.05) is 0 Å². The van der Waals surface area contributed by atoms with Gasteiger partial charge in [0.1, 0.15) is 30.1 Å². The first-order valence-electron chi connectivity index (χ1n) is 5.85. The van der Waals surface area contributed by atoms with Gasteiger partial charge in [0.25, 0.3) is 0 Å². The number of carboxylic acid groups (broad SMARTS) is 1. The number of hydrogen-bond donors (Lipinski definition) is 1. The van der Waals surface area contributed by atoms with E-state index in [1.54, 1.807) is 6.07 Å². The number of nitriles is 1. The van der Waals surface area contributed by atoms with Crippen molar-refractivity contribution in [2.75, 3.05) is 0 Å². The number of aromatic carboxylic acids is 1. The van der Waals surface area contributed by atoms with E-state index in [4.69, 9.17) is 15.1 Å². The molecule has 0 aromatic heterocycles. The van der Waals surface area contributed by atoms with Crippen LogP contribution in [0, 0.1) is 23.0 Å². The molecule has 2 aromatic rings. The maximum absolute atomic E-state index is 13.5. The summed E-state index contributed by atoms with van der Waals surface area (Å²) in [4.78, 5) is 10.8. The van der Waals surface area contributed by atoms with Crippen molar-refractivity contribution in [2.24, 2.45) is 0 Å². The first-order chi connectivity index (χ1) is 10.0. The maximum atomic E-state index is 13.5. The van der Waals surface area contributed by atoms with E-state index in [-0.39, 0.29) is 29.0 Å². The highest BCUT2D eigenvalue weighted by Gasteiger charge is 2.10. The number of benzene rings is 2. The van der Waals surface area contributed by atoms with Crippen LogP contribution in [0.25, 0.3) is 0 Å². The topological polar surface area (TPSA) is 70.3 Å². The summed E-state index contributed by atoms with van der Waals surface area (Å²) in [5, 5.41) is 17.4. The van der Waals surface area contributed by atoms with Crippen molar-refractivity contribution in [1.29, 1.82) is 5.26 Å². The van der Waals surface area contributed by atoms with Crippen LogP contribution < -0.4 is 4.74 Å². The van der Waals surface area contributed by atoms with Gasteiger partial charge in [-0.3, -0.25) is 0 Å². The molecule has 0 aliphatic rings. The third-order valence-electron chi connectivity index (χ3n) is 2.75. The summed E-state index contributed by atoms with van der Waals surface area (Å²) in [5.41, 5.74) is -0.151. The molecule has 0 saturated carbocycles. The molecule has 0 radical (unpaired) electrons. The van der Waals surface area contributed by atoms with E-state index in [2.05, 4.69) is 0 Å². The van der Waals surface area contributed by atoms with Gasteiger partial charge in [0.15, 0.2) is 0 Å². The summed E-state index contributed by atoms with van der Waals surface area (Å²) < 4.78 is 32.1. The molecule has 0 heterocycles. The minimum Gasteiger partial charge on any atom is -0.489 e. The molecule has 106 valence electrons. The normalized spacial score (nSPS) is 9.95. The summed E-state index contributed by atoms with van der Waals surface area (Å²) in [7, 11) is 0. The molecule has 0 fully saturated rings. The van der Waals surface area contributed by atoms with Crippen LogP contribution in [0.15, 0.2) is 36.4 Å². The average molecular weight is 289 g/mol. The van der Waals surface area contributed by atoms with Gasteiger partial charge in [-0.05, 0) is 30.3 Å². The van der Waals surface area contributed by atoms with Crippen molar-refractivity contribution in [3.8, 4) is 11.8 Å². The van der Waals surface area contributed by atoms with Gasteiger partial charge in [0, 0.05) is 11.6 Å². The van der Waals surface area contributed by atoms with Crippen LogP contribution in [-0.4, -0.2) is 11.1 Å². The van der Waals surface area contributed by atoms with Gasteiger partial charge in [-0.2, -0.15) is 5.26 Å². The molecule has 1 N–H and O–H groups in total. The van der Waals surface area contributed by atoms with Crippen LogP contribution in [0.2, 0.25) is 0 Å². The van der Waals surface area contributed by atoms with Gasteiger partial charge >= 0.3 is 5.97 Å². The number of ether oxygens (including phenoxy) is 1. The lowest BCUT2D eigenvalue weighted by atomic mass is 10.1. The number of rotatable bonds is 4. The second kappa shape index (κ2) is 6.01. The predicted molar refractivity (Wildman–Crippen MR) is 68.8 cm³/mol. The molecule has 0 spiro atoms. The van der Waals surface area contributed by atoms with E-state index < -0.39 is 17.6 Å². The Morgan fingerprint density at radius 1 is 1.19 bits per heavy atom. The number of halogens is 2. The summed E-state index contributed by atoms with van der Waals surface area (Å²) >= 11 is 0. The fourth-order valence-corrected chi connectivity index (χ4v) is 1.66. The van der Waals surface area contributed by atoms with E-state index in [0.29, 0.717) is 0 Å². The number of hydrogen-bond acceptors (Lipinski definition) is 3. The molecule has 0 amide bonds. The van der Waals surface area contributed by atoms with E-state index >= 15 is 0 Å². The molecule has 21 heavy (non-hydrogen) atoms. The van der Waals surface area contributed by atoms with Crippen LogP contribution in [0.1, 0.15) is 21.5 Å². The monoisotopic (exact) mass is 289 g/mol. The smallest absolute Gasteiger partial charge is 0.335 e. The molecular formula is C15H9F2NO3. The maximum Gasteiger partial charge on any atom is 0.335 e. The van der Waals surface area contributed by atoms with Crippen LogP contribution in [0.4, 0.5) is 8.78 Å². The Morgan fingerprint density at radius 3 is 2.57 bits per heavy atom. The minimum absolute atomic E-state index is 0.0414. The van der Waals surface area contributed by atoms with Crippen molar-refractivity contribution in [1.82, 2.24) is 0 Å². The molecule has 6 heteroatoms. The molecule has 0 atom stereocenters. The standard InChI is InChI=1S/C15H9F2NO3/c16-13-4-2-9(15(19)20)5-11(13)8-21-12-3-1-10(7-18)14(17)6-12/h1-6H,8H2,(H,19,20). The highest BCUT2D eigenvalue weighted by molar-refractivity contribution is 5.87. The molecule has 0 aliphatic heterocycles. The van der Waals surface area contributed by atoms with Crippen molar-refractivity contribution >= 4 is 5.97 Å². The van der Waals surface area contributed by atoms with Crippen molar-refractivity contribution in [3.05, 3.63) is 64.7 Å². The molecule has 4 nitrogen and oxygen atoms in total. The Kier molecular flexibility index (Phi) is 4.14. The fraction of sp³-hybridized carbons (Fsp3) is 0.0667. The zero-order chi connectivity index (χ0) is 15.4. The molecule has 0 saturated heterocycles. The number of nitrogens with zero attached hydrogens (tertiary/aromatic N) is 1. The van der Waals surface area contributed by atoms with Gasteiger partial charge in [0.2, 0.25) is 0 Å². The van der Waals surface area contributed by atoms with Gasteiger partial charge < -0.3 is 9.84 Å². The third kappa shape index (κ3) is 3.34. The Balaban J connectivity index is 2.16. The molecule has 0 bridgehead atoms. The highest BCUT2D eigenvalue weighted by Crippen LogP contribution is 2.19. The highest BCUT2D eigenvalue weighted by atomic mass is 19.1. The molecule has 0 aliphatic carbocycles. The Labute approximate surface area is 118 Å². The summed E-state index contributed by atoms with van der Waals surface area (Å²) in [5.74, 6) is -2.42. The lowest BCUT2D eigenvalue weighted by molar-refractivity contribution is 0.0696. The SMILES string of the molecule is N#Cc1ccc(OCc2cc(C(=O)O)ccc2F)cc1F. The van der Waals surface area contributed by atoms with Crippen molar-refractivity contribution < 1.29 is 23.4 Å². The molecular weight excluding hydrogens is 280 g/mol. The van der Waals surface area contributed by atoms with Gasteiger partial charge in [-0.25, -0.2) is 13.6 Å². The zero-order valence-electron chi connectivity index (χ0n) is 10.6. The van der Waals surface area contributed by atoms with Gasteiger partial charge in [0.05, 0.1) is 11.1 Å². The minimum atomic E-state index is -1.18. The molecule has 0 unspecified atom stereocenters. The summed E-state index contributed by atoms with van der Waals surface area (Å²) in [6, 6.07) is 8.62. The first-order valence-corrected chi connectivity index (χ1v) is 5.85. The van der Waals surface area contributed by atoms with Crippen LogP contribution in [0.3, 0.4) is 0 Å². The van der Waals surface area contributed by atoms with Crippen LogP contribution >= 0.6 is 0 Å². The molecule has 2 rings (SSSR count). The quantitative estimate of drug-likeness (QED) is 0.938. The lowest BCUT2D eigenvalue weighted by Crippen LogP contribution is -2.03. The second-order valence-corrected chi connectivity index (χ2v) is 4.15. The largest absolute Gasteiger partial charge is 0.489 e. The number of carboxylic acids is 1. The van der Waals surface area contributed by atoms with Gasteiger partial charge in [-0.1, -0.05) is 0 Å². The predicted octanol–water partition coefficient (Wildman–Crippen LogP) is 3.11. The van der Waals surface area contributed by atoms with E-state index in [1.165, 1.54) is 12.1 Å². The van der Waals surface area contributed by atoms with Crippen molar-refractivity contribution in [2.45, 2.75) is 6.61 Å². The van der Waals surface area contributed by atoms with Crippen LogP contribution in [0.5, 0.6) is 5.75 Å². The van der Waals surface area contributed by atoms with E-state index in [0.717, 1.165) is 24.3 Å².